The number of hydrogen-bond donors (Lipinski definition) is 2. The molecule has 0 radical (unpaired) electrons. The Labute approximate surface area is 318 Å². The average molecular weight is 750 g/mol. The Morgan fingerprint density at radius 1 is 0.596 bits per heavy atom. The molecule has 0 heterocycles. The number of phosphoric acid groups is 1. The molecular formula is C43H76NO7P. The lowest BCUT2D eigenvalue weighted by Crippen LogP contribution is -2.28. The van der Waals surface area contributed by atoms with Crippen LogP contribution in [0.2, 0.25) is 0 Å². The molecule has 0 amide bonds. The van der Waals surface area contributed by atoms with Crippen molar-refractivity contribution in [2.75, 3.05) is 33.0 Å². The van der Waals surface area contributed by atoms with Gasteiger partial charge < -0.3 is 20.1 Å². The summed E-state index contributed by atoms with van der Waals surface area (Å²) in [6.45, 7) is 4.63. The fourth-order valence-electron chi connectivity index (χ4n) is 5.19. The summed E-state index contributed by atoms with van der Waals surface area (Å²) in [5.74, 6) is -0.353. The largest absolute Gasteiger partial charge is 0.472 e. The summed E-state index contributed by atoms with van der Waals surface area (Å²) in [4.78, 5) is 22.4. The molecule has 2 unspecified atom stereocenters. The Bertz CT molecular complexity index is 1020. The predicted molar refractivity (Wildman–Crippen MR) is 219 cm³/mol. The molecule has 9 heteroatoms. The van der Waals surface area contributed by atoms with Gasteiger partial charge in [-0.3, -0.25) is 13.8 Å². The Kier molecular flexibility index (Phi) is 38.5. The number of carbonyl (C=O) groups excluding carboxylic acids is 1. The van der Waals surface area contributed by atoms with Gasteiger partial charge in [-0.1, -0.05) is 164 Å². The number of rotatable bonds is 38. The van der Waals surface area contributed by atoms with Crippen LogP contribution in [0.3, 0.4) is 0 Å². The van der Waals surface area contributed by atoms with Crippen molar-refractivity contribution in [1.82, 2.24) is 0 Å². The highest BCUT2D eigenvalue weighted by Gasteiger charge is 2.25. The van der Waals surface area contributed by atoms with E-state index in [0.29, 0.717) is 13.0 Å². The fourth-order valence-corrected chi connectivity index (χ4v) is 5.95. The molecule has 0 aromatic rings. The van der Waals surface area contributed by atoms with Gasteiger partial charge in [-0.15, -0.1) is 0 Å². The van der Waals surface area contributed by atoms with Gasteiger partial charge in [0, 0.05) is 19.6 Å². The third-order valence-corrected chi connectivity index (χ3v) is 9.12. The lowest BCUT2D eigenvalue weighted by molar-refractivity contribution is -0.154. The van der Waals surface area contributed by atoms with Crippen LogP contribution in [0.4, 0.5) is 0 Å². The van der Waals surface area contributed by atoms with Gasteiger partial charge in [-0.2, -0.15) is 0 Å². The maximum absolute atomic E-state index is 12.5. The van der Waals surface area contributed by atoms with Crippen molar-refractivity contribution in [3.8, 4) is 0 Å². The first-order valence-electron chi connectivity index (χ1n) is 20.4. The van der Waals surface area contributed by atoms with Crippen LogP contribution in [0.1, 0.15) is 155 Å². The molecule has 2 atom stereocenters. The molecule has 0 rings (SSSR count). The first kappa shape index (κ1) is 49.9. The molecule has 0 aliphatic rings. The second kappa shape index (κ2) is 40.1. The van der Waals surface area contributed by atoms with E-state index in [1.54, 1.807) is 0 Å². The van der Waals surface area contributed by atoms with E-state index in [2.05, 4.69) is 86.8 Å². The van der Waals surface area contributed by atoms with Gasteiger partial charge in [0.05, 0.1) is 19.8 Å². The maximum atomic E-state index is 12.5. The molecule has 0 saturated carbocycles. The number of unbranched alkanes of at least 4 members (excludes halogenated alkanes) is 13. The van der Waals surface area contributed by atoms with E-state index in [0.717, 1.165) is 70.6 Å². The first-order chi connectivity index (χ1) is 25.4. The summed E-state index contributed by atoms with van der Waals surface area (Å²) in [6.07, 6.45) is 49.3. The molecule has 0 spiro atoms. The van der Waals surface area contributed by atoms with Crippen LogP contribution >= 0.6 is 7.82 Å². The van der Waals surface area contributed by atoms with Crippen LogP contribution in [0.25, 0.3) is 0 Å². The SMILES string of the molecule is CC/C=C\C/C=C\C/C=C\C/C=C\C/C=C\C/C=C\CCCOCC(COP(=O)(O)OCCN)OC(=O)CCCCCCCCCCCCCCC. The maximum Gasteiger partial charge on any atom is 0.472 e. The standard InChI is InChI=1S/C43H76NO7P/c1-3-5-7-9-11-13-15-17-18-19-20-21-22-23-25-27-29-31-33-35-38-48-40-42(41-50-52(46,47)49-39-37-44)51-43(45)36-34-32-30-28-26-24-16-14-12-10-8-6-4-2/h5,7,11,13,17-18,20-21,23,25,29,31,42H,3-4,6,8-10,12,14-16,19,22,24,26-28,30,32-41,44H2,1-2H3,(H,46,47)/b7-5-,13-11-,18-17-,21-20-,25-23-,31-29-. The highest BCUT2D eigenvalue weighted by Crippen LogP contribution is 2.43. The van der Waals surface area contributed by atoms with Gasteiger partial charge in [0.1, 0.15) is 6.10 Å². The number of hydrogen-bond acceptors (Lipinski definition) is 7. The van der Waals surface area contributed by atoms with Crippen molar-refractivity contribution in [2.45, 2.75) is 161 Å². The van der Waals surface area contributed by atoms with Crippen molar-refractivity contribution in [1.29, 1.82) is 0 Å². The summed E-state index contributed by atoms with van der Waals surface area (Å²) in [7, 11) is -4.29. The van der Waals surface area contributed by atoms with E-state index >= 15 is 0 Å². The third-order valence-electron chi connectivity index (χ3n) is 8.14. The predicted octanol–water partition coefficient (Wildman–Crippen LogP) is 12.0. The Balaban J connectivity index is 4.18. The summed E-state index contributed by atoms with van der Waals surface area (Å²) >= 11 is 0. The Morgan fingerprint density at radius 2 is 1.06 bits per heavy atom. The molecule has 300 valence electrons. The van der Waals surface area contributed by atoms with Crippen LogP contribution in [0, 0.1) is 0 Å². The molecule has 52 heavy (non-hydrogen) atoms. The lowest BCUT2D eigenvalue weighted by atomic mass is 10.0. The zero-order valence-electron chi connectivity index (χ0n) is 33.0. The van der Waals surface area contributed by atoms with Crippen LogP contribution in [-0.4, -0.2) is 49.9 Å². The van der Waals surface area contributed by atoms with Gasteiger partial charge >= 0.3 is 13.8 Å². The molecule has 0 aromatic heterocycles. The van der Waals surface area contributed by atoms with E-state index in [4.69, 9.17) is 24.3 Å². The second-order valence-corrected chi connectivity index (χ2v) is 14.6. The zero-order chi connectivity index (χ0) is 38.1. The first-order valence-corrected chi connectivity index (χ1v) is 21.9. The molecule has 8 nitrogen and oxygen atoms in total. The lowest BCUT2D eigenvalue weighted by Gasteiger charge is -2.20. The molecular weight excluding hydrogens is 673 g/mol. The quantitative estimate of drug-likeness (QED) is 0.0277. The van der Waals surface area contributed by atoms with Crippen LogP contribution in [0.15, 0.2) is 72.9 Å². The van der Waals surface area contributed by atoms with Crippen molar-refractivity contribution in [2.24, 2.45) is 5.73 Å². The van der Waals surface area contributed by atoms with Gasteiger partial charge in [0.25, 0.3) is 0 Å². The van der Waals surface area contributed by atoms with E-state index in [-0.39, 0.29) is 32.3 Å². The van der Waals surface area contributed by atoms with Crippen molar-refractivity contribution < 1.29 is 32.8 Å². The Morgan fingerprint density at radius 3 is 1.54 bits per heavy atom. The minimum absolute atomic E-state index is 0.0744. The van der Waals surface area contributed by atoms with Crippen molar-refractivity contribution in [3.05, 3.63) is 72.9 Å². The summed E-state index contributed by atoms with van der Waals surface area (Å²) in [6, 6.07) is 0. The normalized spacial score (nSPS) is 14.3. The molecule has 3 N–H and O–H groups in total. The number of allylic oxidation sites excluding steroid dienone is 12. The fraction of sp³-hybridized carbons (Fsp3) is 0.698. The third kappa shape index (κ3) is 39.2. The number of esters is 1. The monoisotopic (exact) mass is 750 g/mol. The molecule has 0 aromatic carbocycles. The molecule has 0 saturated heterocycles. The smallest absolute Gasteiger partial charge is 0.457 e. The number of ether oxygens (including phenoxy) is 2. The molecule has 0 aliphatic heterocycles. The van der Waals surface area contributed by atoms with E-state index in [9.17, 15) is 14.3 Å². The minimum Gasteiger partial charge on any atom is -0.457 e. The van der Waals surface area contributed by atoms with E-state index in [1.165, 1.54) is 64.2 Å². The highest BCUT2D eigenvalue weighted by atomic mass is 31.2. The summed E-state index contributed by atoms with van der Waals surface area (Å²) in [5, 5.41) is 0. The number of phosphoric ester groups is 1. The van der Waals surface area contributed by atoms with Crippen molar-refractivity contribution in [3.63, 3.8) is 0 Å². The topological polar surface area (TPSA) is 117 Å². The van der Waals surface area contributed by atoms with Gasteiger partial charge in [-0.05, 0) is 57.8 Å². The summed E-state index contributed by atoms with van der Waals surface area (Å²) < 4.78 is 33.3. The van der Waals surface area contributed by atoms with E-state index < -0.39 is 13.9 Å². The molecule has 0 aliphatic carbocycles. The highest BCUT2D eigenvalue weighted by molar-refractivity contribution is 7.47. The van der Waals surface area contributed by atoms with Gasteiger partial charge in [0.2, 0.25) is 0 Å². The Hall–Kier alpha value is -2.06. The number of carbonyl (C=O) groups is 1. The molecule has 0 bridgehead atoms. The second-order valence-electron chi connectivity index (χ2n) is 13.1. The van der Waals surface area contributed by atoms with Crippen LogP contribution < -0.4 is 5.73 Å². The minimum atomic E-state index is -4.29. The van der Waals surface area contributed by atoms with Crippen LogP contribution in [-0.2, 0) is 27.9 Å². The van der Waals surface area contributed by atoms with Crippen LogP contribution in [0.5, 0.6) is 0 Å². The van der Waals surface area contributed by atoms with Gasteiger partial charge in [0.15, 0.2) is 0 Å². The average Bonchev–Trinajstić information content (AvgIpc) is 3.13. The summed E-state index contributed by atoms with van der Waals surface area (Å²) in [5.41, 5.74) is 5.35. The van der Waals surface area contributed by atoms with Crippen molar-refractivity contribution >= 4 is 13.8 Å². The van der Waals surface area contributed by atoms with E-state index in [1.807, 2.05) is 0 Å². The zero-order valence-corrected chi connectivity index (χ0v) is 33.9. The van der Waals surface area contributed by atoms with Gasteiger partial charge in [-0.25, -0.2) is 4.57 Å². The molecule has 0 fully saturated rings. The number of nitrogens with two attached hydrogens (primary N) is 1.